The van der Waals surface area contributed by atoms with Gasteiger partial charge in [-0.2, -0.15) is 0 Å². The molecular weight excluding hydrogens is 222 g/mol. The van der Waals surface area contributed by atoms with Crippen LogP contribution in [0.2, 0.25) is 0 Å². The molecule has 2 heteroatoms. The summed E-state index contributed by atoms with van der Waals surface area (Å²) in [7, 11) is 0. The summed E-state index contributed by atoms with van der Waals surface area (Å²) >= 11 is 0. The Morgan fingerprint density at radius 3 is 2.89 bits per heavy atom. The Morgan fingerprint density at radius 1 is 1.39 bits per heavy atom. The van der Waals surface area contributed by atoms with Gasteiger partial charge in [-0.1, -0.05) is 13.3 Å². The molecule has 1 fully saturated rings. The van der Waals surface area contributed by atoms with Crippen molar-refractivity contribution in [1.82, 2.24) is 0 Å². The first-order valence-corrected chi connectivity index (χ1v) is 7.08. The van der Waals surface area contributed by atoms with Crippen molar-refractivity contribution in [2.75, 3.05) is 11.4 Å². The van der Waals surface area contributed by atoms with Gasteiger partial charge in [0.15, 0.2) is 0 Å². The van der Waals surface area contributed by atoms with Gasteiger partial charge < -0.3 is 4.90 Å². The maximum Gasteiger partial charge on any atom is 0.150 e. The van der Waals surface area contributed by atoms with E-state index in [4.69, 9.17) is 0 Å². The number of aldehydes is 1. The number of hydrogen-bond acceptors (Lipinski definition) is 2. The Kier molecular flexibility index (Phi) is 4.40. The van der Waals surface area contributed by atoms with Crippen molar-refractivity contribution in [3.63, 3.8) is 0 Å². The molecule has 18 heavy (non-hydrogen) atoms. The number of aryl methyl sites for hydroxylation is 1. The van der Waals surface area contributed by atoms with Crippen molar-refractivity contribution < 1.29 is 4.79 Å². The van der Waals surface area contributed by atoms with Gasteiger partial charge in [0.25, 0.3) is 0 Å². The van der Waals surface area contributed by atoms with Crippen LogP contribution in [-0.2, 0) is 0 Å². The molecule has 1 heterocycles. The topological polar surface area (TPSA) is 20.3 Å². The summed E-state index contributed by atoms with van der Waals surface area (Å²) in [4.78, 5) is 13.4. The molecular formula is C16H23NO. The first kappa shape index (κ1) is 13.1. The molecule has 0 bridgehead atoms. The highest BCUT2D eigenvalue weighted by atomic mass is 16.1. The molecule has 0 aliphatic carbocycles. The van der Waals surface area contributed by atoms with E-state index < -0.39 is 0 Å². The van der Waals surface area contributed by atoms with E-state index in [1.54, 1.807) is 0 Å². The minimum atomic E-state index is 0.685. The van der Waals surface area contributed by atoms with Gasteiger partial charge in [-0.05, 0) is 56.4 Å². The molecule has 2 nitrogen and oxygen atoms in total. The van der Waals surface area contributed by atoms with E-state index in [1.165, 1.54) is 37.8 Å². The predicted molar refractivity (Wildman–Crippen MR) is 76.5 cm³/mol. The highest BCUT2D eigenvalue weighted by molar-refractivity contribution is 5.78. The number of carbonyl (C=O) groups is 1. The van der Waals surface area contributed by atoms with Crippen molar-refractivity contribution in [3.05, 3.63) is 29.3 Å². The zero-order chi connectivity index (χ0) is 13.0. The van der Waals surface area contributed by atoms with Crippen LogP contribution in [0, 0.1) is 6.92 Å². The molecule has 98 valence electrons. The van der Waals surface area contributed by atoms with Gasteiger partial charge in [0.05, 0.1) is 0 Å². The highest BCUT2D eigenvalue weighted by Gasteiger charge is 2.21. The van der Waals surface area contributed by atoms with Crippen LogP contribution in [0.25, 0.3) is 0 Å². The number of piperidine rings is 1. The monoisotopic (exact) mass is 245 g/mol. The quantitative estimate of drug-likeness (QED) is 0.748. The lowest BCUT2D eigenvalue weighted by Crippen LogP contribution is -2.39. The third kappa shape index (κ3) is 2.74. The fraction of sp³-hybridized carbons (Fsp3) is 0.562. The predicted octanol–water partition coefficient (Wildman–Crippen LogP) is 3.97. The van der Waals surface area contributed by atoms with Crippen LogP contribution in [0.15, 0.2) is 18.2 Å². The molecule has 1 atom stereocenters. The van der Waals surface area contributed by atoms with Gasteiger partial charge in [0, 0.05) is 23.8 Å². The van der Waals surface area contributed by atoms with Gasteiger partial charge in [0.1, 0.15) is 6.29 Å². The van der Waals surface area contributed by atoms with Gasteiger partial charge in [0.2, 0.25) is 0 Å². The normalized spacial score (nSPS) is 19.9. The van der Waals surface area contributed by atoms with Crippen LogP contribution in [0.1, 0.15) is 54.9 Å². The van der Waals surface area contributed by atoms with Crippen molar-refractivity contribution in [1.29, 1.82) is 0 Å². The van der Waals surface area contributed by atoms with Crippen LogP contribution in [0.4, 0.5) is 5.69 Å². The molecule has 2 rings (SSSR count). The van der Waals surface area contributed by atoms with Crippen LogP contribution in [0.5, 0.6) is 0 Å². The molecule has 1 aromatic carbocycles. The van der Waals surface area contributed by atoms with Crippen LogP contribution < -0.4 is 4.90 Å². The van der Waals surface area contributed by atoms with Crippen molar-refractivity contribution in [2.45, 2.75) is 52.0 Å². The SMILES string of the molecule is CCCC1CCCCN1c1ccc(C=O)c(C)c1. The van der Waals surface area contributed by atoms with E-state index in [0.29, 0.717) is 6.04 Å². The lowest BCUT2D eigenvalue weighted by molar-refractivity contribution is 0.112. The average molecular weight is 245 g/mol. The Bertz CT molecular complexity index is 412. The molecule has 0 radical (unpaired) electrons. The van der Waals surface area contributed by atoms with Crippen LogP contribution in [-0.4, -0.2) is 18.9 Å². The van der Waals surface area contributed by atoms with Gasteiger partial charge in [-0.3, -0.25) is 4.79 Å². The van der Waals surface area contributed by atoms with Crippen molar-refractivity contribution in [2.24, 2.45) is 0 Å². The minimum Gasteiger partial charge on any atom is -0.369 e. The fourth-order valence-electron chi connectivity index (χ4n) is 2.94. The second-order valence-corrected chi connectivity index (χ2v) is 5.29. The summed E-state index contributed by atoms with van der Waals surface area (Å²) in [6.07, 6.45) is 7.41. The highest BCUT2D eigenvalue weighted by Crippen LogP contribution is 2.28. The summed E-state index contributed by atoms with van der Waals surface area (Å²) < 4.78 is 0. The van der Waals surface area contributed by atoms with E-state index >= 15 is 0 Å². The fourth-order valence-corrected chi connectivity index (χ4v) is 2.94. The summed E-state index contributed by atoms with van der Waals surface area (Å²) in [6, 6.07) is 6.91. The van der Waals surface area contributed by atoms with E-state index in [0.717, 1.165) is 24.0 Å². The zero-order valence-corrected chi connectivity index (χ0v) is 11.5. The van der Waals surface area contributed by atoms with Crippen molar-refractivity contribution in [3.8, 4) is 0 Å². The Hall–Kier alpha value is -1.31. The summed E-state index contributed by atoms with van der Waals surface area (Å²) in [5, 5.41) is 0. The molecule has 1 aliphatic rings. The molecule has 0 aromatic heterocycles. The van der Waals surface area contributed by atoms with Crippen molar-refractivity contribution >= 4 is 12.0 Å². The Morgan fingerprint density at radius 2 is 2.22 bits per heavy atom. The zero-order valence-electron chi connectivity index (χ0n) is 11.5. The Balaban J connectivity index is 2.22. The average Bonchev–Trinajstić information content (AvgIpc) is 2.40. The van der Waals surface area contributed by atoms with E-state index in [9.17, 15) is 4.79 Å². The largest absolute Gasteiger partial charge is 0.369 e. The minimum absolute atomic E-state index is 0.685. The molecule has 1 saturated heterocycles. The molecule has 0 amide bonds. The van der Waals surface area contributed by atoms with Crippen LogP contribution in [0.3, 0.4) is 0 Å². The standard InChI is InChI=1S/C16H23NO/c1-3-6-15-7-4-5-10-17(15)16-9-8-14(12-18)13(2)11-16/h8-9,11-12,15H,3-7,10H2,1-2H3. The molecule has 1 unspecified atom stereocenters. The lowest BCUT2D eigenvalue weighted by Gasteiger charge is -2.38. The summed E-state index contributed by atoms with van der Waals surface area (Å²) in [6.45, 7) is 5.43. The van der Waals surface area contributed by atoms with Gasteiger partial charge >= 0.3 is 0 Å². The van der Waals surface area contributed by atoms with E-state index in [1.807, 2.05) is 13.0 Å². The van der Waals surface area contributed by atoms with Gasteiger partial charge in [-0.25, -0.2) is 0 Å². The van der Waals surface area contributed by atoms with Crippen LogP contribution >= 0.6 is 0 Å². The van der Waals surface area contributed by atoms with Gasteiger partial charge in [-0.15, -0.1) is 0 Å². The second kappa shape index (κ2) is 6.03. The number of anilines is 1. The van der Waals surface area contributed by atoms with E-state index in [2.05, 4.69) is 24.0 Å². The maximum absolute atomic E-state index is 10.9. The molecule has 1 aliphatic heterocycles. The lowest BCUT2D eigenvalue weighted by atomic mass is 9.96. The number of hydrogen-bond donors (Lipinski definition) is 0. The van der Waals surface area contributed by atoms with E-state index in [-0.39, 0.29) is 0 Å². The summed E-state index contributed by atoms with van der Waals surface area (Å²) in [5.41, 5.74) is 3.18. The number of nitrogens with zero attached hydrogens (tertiary/aromatic N) is 1. The molecule has 0 N–H and O–H groups in total. The first-order chi connectivity index (χ1) is 8.76. The number of carbonyl (C=O) groups excluding carboxylic acids is 1. The Labute approximate surface area is 110 Å². The smallest absolute Gasteiger partial charge is 0.150 e. The number of rotatable bonds is 4. The molecule has 0 saturated carbocycles. The number of benzene rings is 1. The first-order valence-electron chi connectivity index (χ1n) is 7.08. The summed E-state index contributed by atoms with van der Waals surface area (Å²) in [5.74, 6) is 0. The molecule has 0 spiro atoms. The second-order valence-electron chi connectivity index (χ2n) is 5.29. The maximum atomic E-state index is 10.9. The third-order valence-electron chi connectivity index (χ3n) is 3.96. The molecule has 1 aromatic rings. The third-order valence-corrected chi connectivity index (χ3v) is 3.96.